The van der Waals surface area contributed by atoms with Gasteiger partial charge in [-0.3, -0.25) is 9.69 Å². The van der Waals surface area contributed by atoms with Crippen molar-refractivity contribution in [3.05, 3.63) is 77.9 Å². The summed E-state index contributed by atoms with van der Waals surface area (Å²) in [5, 5.41) is 5.32. The molecule has 1 aliphatic rings. The number of hydrogen-bond donors (Lipinski definition) is 1. The van der Waals surface area contributed by atoms with Gasteiger partial charge in [-0.15, -0.1) is 11.8 Å². The number of nitrogens with one attached hydrogen (secondary N) is 1. The van der Waals surface area contributed by atoms with Crippen LogP contribution in [0.3, 0.4) is 0 Å². The highest BCUT2D eigenvalue weighted by atomic mass is 32.2. The lowest BCUT2D eigenvalue weighted by molar-refractivity contribution is 0.0937. The third kappa shape index (κ3) is 4.82. The molecule has 0 atom stereocenters. The Kier molecular flexibility index (Phi) is 6.53. The van der Waals surface area contributed by atoms with Gasteiger partial charge in [-0.25, -0.2) is 0 Å². The van der Waals surface area contributed by atoms with Crippen molar-refractivity contribution in [1.29, 1.82) is 0 Å². The van der Waals surface area contributed by atoms with Gasteiger partial charge in [0, 0.05) is 23.5 Å². The smallest absolute Gasteiger partial charge is 0.251 e. The molecule has 1 fully saturated rings. The molecular formula is C25H28N2OS. The minimum absolute atomic E-state index is 0.0399. The van der Waals surface area contributed by atoms with Crippen molar-refractivity contribution in [3.8, 4) is 0 Å². The van der Waals surface area contributed by atoms with E-state index in [0.717, 1.165) is 55.4 Å². The second kappa shape index (κ2) is 9.47. The Bertz CT molecular complexity index is 974. The van der Waals surface area contributed by atoms with E-state index in [-0.39, 0.29) is 5.91 Å². The summed E-state index contributed by atoms with van der Waals surface area (Å²) < 4.78 is 0. The third-order valence-electron chi connectivity index (χ3n) is 5.88. The van der Waals surface area contributed by atoms with Crippen molar-refractivity contribution >= 4 is 28.4 Å². The molecule has 1 saturated heterocycles. The molecule has 4 heteroatoms. The van der Waals surface area contributed by atoms with Gasteiger partial charge in [-0.2, -0.15) is 0 Å². The zero-order valence-electron chi connectivity index (χ0n) is 16.9. The van der Waals surface area contributed by atoms with E-state index in [2.05, 4.69) is 52.9 Å². The molecule has 150 valence electrons. The second-order valence-electron chi connectivity index (χ2n) is 7.77. The summed E-state index contributed by atoms with van der Waals surface area (Å²) in [5.41, 5.74) is 2.19. The van der Waals surface area contributed by atoms with E-state index in [4.69, 9.17) is 0 Å². The minimum atomic E-state index is 0.0399. The fraction of sp³-hybridized carbons (Fsp3) is 0.320. The first-order chi connectivity index (χ1) is 14.2. The normalized spacial score (nSPS) is 15.5. The summed E-state index contributed by atoms with van der Waals surface area (Å²) >= 11 is 1.82. The van der Waals surface area contributed by atoms with E-state index >= 15 is 0 Å². The monoisotopic (exact) mass is 404 g/mol. The predicted octanol–water partition coefficient (Wildman–Crippen LogP) is 5.20. The third-order valence-corrected chi connectivity index (χ3v) is 6.72. The summed E-state index contributed by atoms with van der Waals surface area (Å²) in [5.74, 6) is 0.596. The van der Waals surface area contributed by atoms with Crippen LogP contribution < -0.4 is 5.32 Å². The number of hydrogen-bond acceptors (Lipinski definition) is 3. The average Bonchev–Trinajstić information content (AvgIpc) is 2.78. The molecule has 0 saturated carbocycles. The van der Waals surface area contributed by atoms with Crippen LogP contribution in [0, 0.1) is 5.92 Å². The molecule has 29 heavy (non-hydrogen) atoms. The number of carbonyl (C=O) groups is 1. The van der Waals surface area contributed by atoms with E-state index < -0.39 is 0 Å². The van der Waals surface area contributed by atoms with E-state index in [0.29, 0.717) is 5.92 Å². The van der Waals surface area contributed by atoms with Crippen molar-refractivity contribution in [2.24, 2.45) is 5.92 Å². The van der Waals surface area contributed by atoms with Crippen LogP contribution in [-0.4, -0.2) is 36.7 Å². The van der Waals surface area contributed by atoms with Gasteiger partial charge in [0.1, 0.15) is 0 Å². The number of fused-ring (bicyclic) bond motifs is 1. The number of carbonyl (C=O) groups excluding carboxylic acids is 1. The Balaban J connectivity index is 1.29. The largest absolute Gasteiger partial charge is 0.352 e. The van der Waals surface area contributed by atoms with E-state index in [1.54, 1.807) is 0 Å². The quantitative estimate of drug-likeness (QED) is 0.573. The summed E-state index contributed by atoms with van der Waals surface area (Å²) in [6.07, 6.45) is 4.41. The molecule has 1 aliphatic heterocycles. The maximum atomic E-state index is 12.8. The zero-order chi connectivity index (χ0) is 20.1. The van der Waals surface area contributed by atoms with Gasteiger partial charge in [0.2, 0.25) is 0 Å². The first kappa shape index (κ1) is 20.0. The van der Waals surface area contributed by atoms with Crippen LogP contribution in [0.4, 0.5) is 0 Å². The van der Waals surface area contributed by atoms with E-state index in [1.165, 1.54) is 10.5 Å². The van der Waals surface area contributed by atoms with Crippen LogP contribution >= 0.6 is 11.8 Å². The highest BCUT2D eigenvalue weighted by Crippen LogP contribution is 2.24. The van der Waals surface area contributed by atoms with Crippen LogP contribution in [0.25, 0.3) is 10.8 Å². The number of piperidine rings is 1. The maximum absolute atomic E-state index is 12.8. The Morgan fingerprint density at radius 2 is 1.72 bits per heavy atom. The number of likely N-dealkylation sites (tertiary alicyclic amines) is 1. The second-order valence-corrected chi connectivity index (χ2v) is 8.62. The van der Waals surface area contributed by atoms with Crippen molar-refractivity contribution in [2.75, 3.05) is 25.9 Å². The van der Waals surface area contributed by atoms with E-state index in [1.807, 2.05) is 42.1 Å². The number of thioether (sulfide) groups is 1. The van der Waals surface area contributed by atoms with Gasteiger partial charge in [-0.1, -0.05) is 54.6 Å². The number of amides is 1. The first-order valence-electron chi connectivity index (χ1n) is 10.3. The lowest BCUT2D eigenvalue weighted by Crippen LogP contribution is -2.38. The summed E-state index contributed by atoms with van der Waals surface area (Å²) in [4.78, 5) is 16.7. The molecule has 3 aromatic rings. The maximum Gasteiger partial charge on any atom is 0.251 e. The van der Waals surface area contributed by atoms with Gasteiger partial charge < -0.3 is 5.32 Å². The van der Waals surface area contributed by atoms with Crippen molar-refractivity contribution in [3.63, 3.8) is 0 Å². The van der Waals surface area contributed by atoms with Gasteiger partial charge in [0.15, 0.2) is 0 Å². The predicted molar refractivity (Wildman–Crippen MR) is 123 cm³/mol. The molecule has 0 unspecified atom stereocenters. The minimum Gasteiger partial charge on any atom is -0.352 e. The van der Waals surface area contributed by atoms with Gasteiger partial charge >= 0.3 is 0 Å². The molecule has 0 spiro atoms. The summed E-state index contributed by atoms with van der Waals surface area (Å²) in [6, 6.07) is 22.7. The van der Waals surface area contributed by atoms with Gasteiger partial charge in [-0.05, 0) is 66.6 Å². The van der Waals surface area contributed by atoms with Crippen molar-refractivity contribution in [2.45, 2.75) is 24.3 Å². The standard InChI is InChI=1S/C25H28N2OS/c1-29-24-12-5-3-8-21(24)18-27-15-13-19(14-16-27)17-26-25(28)23-11-6-9-20-7-2-4-10-22(20)23/h2-12,19H,13-18H2,1H3,(H,26,28). The number of rotatable bonds is 6. The fourth-order valence-electron chi connectivity index (χ4n) is 4.18. The van der Waals surface area contributed by atoms with Crippen LogP contribution in [0.15, 0.2) is 71.6 Å². The highest BCUT2D eigenvalue weighted by molar-refractivity contribution is 7.98. The molecule has 1 N–H and O–H groups in total. The Hall–Kier alpha value is -2.30. The Labute approximate surface area is 177 Å². The topological polar surface area (TPSA) is 32.3 Å². The number of nitrogens with zero attached hydrogens (tertiary/aromatic N) is 1. The van der Waals surface area contributed by atoms with Crippen LogP contribution in [0.5, 0.6) is 0 Å². The molecule has 0 aromatic heterocycles. The van der Waals surface area contributed by atoms with Gasteiger partial charge in [0.25, 0.3) is 5.91 Å². The molecule has 3 aromatic carbocycles. The lowest BCUT2D eigenvalue weighted by atomic mass is 9.96. The SMILES string of the molecule is CSc1ccccc1CN1CCC(CNC(=O)c2cccc3ccccc23)CC1. The fourth-order valence-corrected chi connectivity index (χ4v) is 4.79. The lowest BCUT2D eigenvalue weighted by Gasteiger charge is -2.32. The first-order valence-corrected chi connectivity index (χ1v) is 11.6. The van der Waals surface area contributed by atoms with E-state index in [9.17, 15) is 4.79 Å². The molecule has 0 bridgehead atoms. The molecule has 1 heterocycles. The highest BCUT2D eigenvalue weighted by Gasteiger charge is 2.21. The summed E-state index contributed by atoms with van der Waals surface area (Å²) in [6.45, 7) is 3.97. The molecular weight excluding hydrogens is 376 g/mol. The van der Waals surface area contributed by atoms with Gasteiger partial charge in [0.05, 0.1) is 0 Å². The molecule has 3 nitrogen and oxygen atoms in total. The summed E-state index contributed by atoms with van der Waals surface area (Å²) in [7, 11) is 0. The Morgan fingerprint density at radius 1 is 1.00 bits per heavy atom. The van der Waals surface area contributed by atoms with Crippen LogP contribution in [0.2, 0.25) is 0 Å². The van der Waals surface area contributed by atoms with Crippen LogP contribution in [-0.2, 0) is 6.54 Å². The van der Waals surface area contributed by atoms with Crippen molar-refractivity contribution in [1.82, 2.24) is 10.2 Å². The Morgan fingerprint density at radius 3 is 2.55 bits per heavy atom. The average molecular weight is 405 g/mol. The zero-order valence-corrected chi connectivity index (χ0v) is 17.8. The van der Waals surface area contributed by atoms with Crippen molar-refractivity contribution < 1.29 is 4.79 Å². The molecule has 0 radical (unpaired) electrons. The molecule has 0 aliphatic carbocycles. The molecule has 4 rings (SSSR count). The van der Waals surface area contributed by atoms with Crippen LogP contribution in [0.1, 0.15) is 28.8 Å². The molecule has 1 amide bonds. The number of benzene rings is 3.